The van der Waals surface area contributed by atoms with Crippen LogP contribution in [0.3, 0.4) is 0 Å². The Labute approximate surface area is 74.4 Å². The second-order valence-corrected chi connectivity index (χ2v) is 2.41. The Morgan fingerprint density at radius 3 is 2.31 bits per heavy atom. The quantitative estimate of drug-likeness (QED) is 0.501. The number of carboxylic acid groups (broad SMARTS) is 1. The van der Waals surface area contributed by atoms with E-state index in [2.05, 4.69) is 0 Å². The number of rotatable bonds is 2. The van der Waals surface area contributed by atoms with Gasteiger partial charge in [-0.05, 0) is 23.5 Å². The molecule has 4 heteroatoms. The van der Waals surface area contributed by atoms with Crippen molar-refractivity contribution in [3.05, 3.63) is 35.6 Å². The van der Waals surface area contributed by atoms with Crippen molar-refractivity contribution in [3.63, 3.8) is 0 Å². The van der Waals surface area contributed by atoms with Gasteiger partial charge in [0.15, 0.2) is 0 Å². The van der Waals surface area contributed by atoms with E-state index in [1.165, 1.54) is 24.3 Å². The summed E-state index contributed by atoms with van der Waals surface area (Å²) in [7, 11) is 0. The van der Waals surface area contributed by atoms with Crippen LogP contribution in [0.4, 0.5) is 0 Å². The first-order valence-electron chi connectivity index (χ1n) is 3.50. The molecule has 0 aliphatic rings. The molecule has 0 bridgehead atoms. The van der Waals surface area contributed by atoms with Gasteiger partial charge in [-0.1, -0.05) is 18.2 Å². The van der Waals surface area contributed by atoms with Crippen LogP contribution in [0.5, 0.6) is 5.75 Å². The summed E-state index contributed by atoms with van der Waals surface area (Å²) in [4.78, 5) is 10.1. The average molecular weight is 179 g/mol. The zero-order valence-corrected chi connectivity index (χ0v) is 6.60. The predicted octanol–water partition coefficient (Wildman–Crippen LogP) is 0.178. The summed E-state index contributed by atoms with van der Waals surface area (Å²) in [6.07, 6.45) is 0.988. The van der Waals surface area contributed by atoms with Gasteiger partial charge in [0.2, 0.25) is 0 Å². The molecule has 0 unspecified atom stereocenters. The Kier molecular flexibility index (Phi) is 2.54. The molecule has 1 rings (SSSR count). The largest absolute Gasteiger partial charge is 0.868 e. The molecule has 0 fully saturated rings. The van der Waals surface area contributed by atoms with Crippen molar-refractivity contribution in [2.24, 2.45) is 0 Å². The molecule has 4 nitrogen and oxygen atoms in total. The molecule has 0 radical (unpaired) electrons. The van der Waals surface area contributed by atoms with E-state index in [1.807, 2.05) is 0 Å². The molecule has 0 aliphatic carbocycles. The summed E-state index contributed by atoms with van der Waals surface area (Å²) in [6, 6.07) is 5.66. The molecular weight excluding hydrogens is 172 g/mol. The van der Waals surface area contributed by atoms with Gasteiger partial charge in [0, 0.05) is 0 Å². The molecule has 2 N–H and O–H groups in total. The van der Waals surface area contributed by atoms with Crippen LogP contribution in [0.2, 0.25) is 0 Å². The predicted molar refractivity (Wildman–Crippen MR) is 43.7 cm³/mol. The third-order valence-corrected chi connectivity index (χ3v) is 1.40. The van der Waals surface area contributed by atoms with Crippen molar-refractivity contribution in [3.8, 4) is 5.75 Å². The number of hydrogen-bond donors (Lipinski definition) is 2. The summed E-state index contributed by atoms with van der Waals surface area (Å²) in [6.45, 7) is 0. The molecule has 1 aromatic carbocycles. The van der Waals surface area contributed by atoms with Gasteiger partial charge in [-0.25, -0.2) is 4.79 Å². The highest BCUT2D eigenvalue weighted by Crippen LogP contribution is 2.11. The van der Waals surface area contributed by atoms with Crippen LogP contribution in [0.15, 0.2) is 30.0 Å². The number of phenolic OH excluding ortho intramolecular Hbond substituents is 1. The maximum atomic E-state index is 10.7. The zero-order valence-electron chi connectivity index (χ0n) is 6.60. The van der Waals surface area contributed by atoms with E-state index < -0.39 is 11.7 Å². The van der Waals surface area contributed by atoms with Crippen LogP contribution in [0, 0.1) is 0 Å². The zero-order chi connectivity index (χ0) is 9.84. The maximum Gasteiger partial charge on any atom is 0.320 e. The van der Waals surface area contributed by atoms with Gasteiger partial charge in [-0.15, -0.1) is 0 Å². The Morgan fingerprint density at radius 1 is 1.31 bits per heavy atom. The van der Waals surface area contributed by atoms with Crippen LogP contribution in [-0.4, -0.2) is 16.2 Å². The van der Waals surface area contributed by atoms with Gasteiger partial charge in [0.25, 0.3) is 0 Å². The molecule has 0 aromatic heterocycles. The smallest absolute Gasteiger partial charge is 0.320 e. The fourth-order valence-electron chi connectivity index (χ4n) is 0.784. The minimum absolute atomic E-state index is 0.0694. The van der Waals surface area contributed by atoms with Crippen molar-refractivity contribution in [2.75, 3.05) is 0 Å². The van der Waals surface area contributed by atoms with Crippen molar-refractivity contribution in [1.29, 1.82) is 0 Å². The van der Waals surface area contributed by atoms with Gasteiger partial charge in [0.05, 0.1) is 0 Å². The minimum atomic E-state index is -1.49. The first-order valence-corrected chi connectivity index (χ1v) is 3.50. The van der Waals surface area contributed by atoms with Gasteiger partial charge >= 0.3 is 5.97 Å². The van der Waals surface area contributed by atoms with Gasteiger partial charge in [0.1, 0.15) is 5.75 Å². The van der Waals surface area contributed by atoms with Crippen LogP contribution in [-0.2, 0) is 4.79 Å². The van der Waals surface area contributed by atoms with E-state index in [9.17, 15) is 9.90 Å². The topological polar surface area (TPSA) is 80.6 Å². The molecule has 1 aromatic rings. The lowest BCUT2D eigenvalue weighted by atomic mass is 10.2. The molecule has 0 saturated carbocycles. The molecule has 13 heavy (non-hydrogen) atoms. The summed E-state index contributed by atoms with van der Waals surface area (Å²) in [5.74, 6) is -2.40. The lowest BCUT2D eigenvalue weighted by Gasteiger charge is -2.04. The second-order valence-electron chi connectivity index (χ2n) is 2.41. The molecule has 0 amide bonds. The summed E-state index contributed by atoms with van der Waals surface area (Å²) >= 11 is 0. The van der Waals surface area contributed by atoms with E-state index in [0.717, 1.165) is 6.08 Å². The minimum Gasteiger partial charge on any atom is -0.868 e. The Morgan fingerprint density at radius 2 is 1.85 bits per heavy atom. The lowest BCUT2D eigenvalue weighted by molar-refractivity contribution is -0.300. The normalized spacial score (nSPS) is 11.2. The van der Waals surface area contributed by atoms with Crippen molar-refractivity contribution >= 4 is 12.0 Å². The average Bonchev–Trinajstić information content (AvgIpc) is 2.08. The van der Waals surface area contributed by atoms with Gasteiger partial charge in [-0.3, -0.25) is 0 Å². The van der Waals surface area contributed by atoms with Crippen molar-refractivity contribution < 1.29 is 20.1 Å². The van der Waals surface area contributed by atoms with Gasteiger partial charge < -0.3 is 15.3 Å². The van der Waals surface area contributed by atoms with Gasteiger partial charge in [-0.2, -0.15) is 0 Å². The summed E-state index contributed by atoms with van der Waals surface area (Å²) in [5, 5.41) is 27.8. The lowest BCUT2D eigenvalue weighted by Crippen LogP contribution is -2.13. The summed E-state index contributed by atoms with van der Waals surface area (Å²) in [5.41, 5.74) is 0.449. The van der Waals surface area contributed by atoms with E-state index in [1.54, 1.807) is 0 Å². The highest BCUT2D eigenvalue weighted by Gasteiger charge is 1.93. The number of benzene rings is 1. The molecular formula is C9H7O4-. The van der Waals surface area contributed by atoms with E-state index in [4.69, 9.17) is 10.2 Å². The fraction of sp³-hybridized carbons (Fsp3) is 0. The molecule has 0 heterocycles. The van der Waals surface area contributed by atoms with Crippen molar-refractivity contribution in [2.45, 2.75) is 0 Å². The third-order valence-electron chi connectivity index (χ3n) is 1.40. The highest BCUT2D eigenvalue weighted by molar-refractivity contribution is 5.88. The Balaban J connectivity index is 2.92. The number of carboxylic acids is 1. The number of hydrogen-bond acceptors (Lipinski definition) is 3. The molecule has 0 aliphatic heterocycles. The second kappa shape index (κ2) is 3.62. The monoisotopic (exact) mass is 179 g/mol. The first kappa shape index (κ1) is 9.12. The van der Waals surface area contributed by atoms with Crippen molar-refractivity contribution in [1.82, 2.24) is 0 Å². The number of aromatic hydroxyl groups is 1. The number of carbonyl (C=O) groups is 1. The molecule has 68 valence electrons. The number of phenols is 1. The molecule has 0 saturated heterocycles. The van der Waals surface area contributed by atoms with Crippen LogP contribution < -0.4 is 5.11 Å². The Bertz CT molecular complexity index is 337. The van der Waals surface area contributed by atoms with E-state index in [0.29, 0.717) is 5.56 Å². The van der Waals surface area contributed by atoms with Crippen LogP contribution in [0.1, 0.15) is 5.56 Å². The third kappa shape index (κ3) is 2.52. The highest BCUT2D eigenvalue weighted by atomic mass is 16.4. The standard InChI is InChI=1S/C9H8O4/c10-7-3-1-6(2-4-7)5-8(11)9(12)13/h1-5,10-11H,(H,12,13)/p-1/b8-5-. The van der Waals surface area contributed by atoms with Crippen LogP contribution >= 0.6 is 0 Å². The number of aliphatic carboxylic acids is 1. The Hall–Kier alpha value is -1.97. The SMILES string of the molecule is O=C(O)/C([O-])=C/c1ccc(O)cc1. The molecule has 0 atom stereocenters. The van der Waals surface area contributed by atoms with E-state index >= 15 is 0 Å². The van der Waals surface area contributed by atoms with E-state index in [-0.39, 0.29) is 5.75 Å². The first-order chi connectivity index (χ1) is 6.09. The van der Waals surface area contributed by atoms with Crippen LogP contribution in [0.25, 0.3) is 6.08 Å². The molecule has 0 spiro atoms. The summed E-state index contributed by atoms with van der Waals surface area (Å²) < 4.78 is 0. The fourth-order valence-corrected chi connectivity index (χ4v) is 0.784. The maximum absolute atomic E-state index is 10.7.